The Bertz CT molecular complexity index is 3740. The Morgan fingerprint density at radius 3 is 1.57 bits per heavy atom. The second-order valence-corrected chi connectivity index (χ2v) is 18.2. The van der Waals surface area contributed by atoms with Crippen LogP contribution in [0.2, 0.25) is 0 Å². The van der Waals surface area contributed by atoms with Crippen LogP contribution in [0.4, 0.5) is 0 Å². The highest BCUT2D eigenvalue weighted by atomic mass is 32.1. The lowest BCUT2D eigenvalue weighted by atomic mass is 9.80. The van der Waals surface area contributed by atoms with Crippen LogP contribution in [-0.2, 0) is 5.41 Å². The second-order valence-electron chi connectivity index (χ2n) is 17.1. The third kappa shape index (κ3) is 4.67. The van der Waals surface area contributed by atoms with Gasteiger partial charge in [-0.2, -0.15) is 0 Å². The summed E-state index contributed by atoms with van der Waals surface area (Å²) in [6.45, 7) is 4.82. The predicted octanol–water partition coefficient (Wildman–Crippen LogP) is 17.1. The van der Waals surface area contributed by atoms with Crippen LogP contribution in [0.25, 0.3) is 119 Å². The fourth-order valence-corrected chi connectivity index (χ4v) is 12.0. The molecule has 0 radical (unpaired) electrons. The lowest BCUT2D eigenvalue weighted by Crippen LogP contribution is -2.15. The van der Waals surface area contributed by atoms with Gasteiger partial charge in [0.25, 0.3) is 0 Å². The summed E-state index contributed by atoms with van der Waals surface area (Å²) in [5, 5.41) is 15.5. The van der Waals surface area contributed by atoms with Crippen LogP contribution >= 0.6 is 11.3 Å². The molecule has 280 valence electrons. The molecule has 0 bridgehead atoms. The van der Waals surface area contributed by atoms with Crippen LogP contribution in [0.15, 0.2) is 194 Å². The summed E-state index contributed by atoms with van der Waals surface area (Å²) in [6, 6.07) is 73.1. The van der Waals surface area contributed by atoms with Gasteiger partial charge >= 0.3 is 0 Å². The third-order valence-electron chi connectivity index (χ3n) is 13.6. The SMILES string of the molecule is CC1(C)c2cc(-c3ccc(-c4c5ccccc5c(-c5cccc6ccccc56)c5ccccc45)c4ccccc34)ccc2-c2c1ccc1cc3sc4ccccc4c3cc21. The lowest BCUT2D eigenvalue weighted by Gasteiger charge is -2.23. The van der Waals surface area contributed by atoms with Crippen molar-refractivity contribution in [2.45, 2.75) is 19.3 Å². The molecule has 0 fully saturated rings. The number of fused-ring (bicyclic) bond motifs is 12. The van der Waals surface area contributed by atoms with Crippen molar-refractivity contribution in [3.05, 3.63) is 205 Å². The van der Waals surface area contributed by atoms with Crippen molar-refractivity contribution in [3.8, 4) is 44.5 Å². The van der Waals surface area contributed by atoms with Gasteiger partial charge < -0.3 is 0 Å². The average Bonchev–Trinajstić information content (AvgIpc) is 3.77. The number of hydrogen-bond acceptors (Lipinski definition) is 1. The van der Waals surface area contributed by atoms with Crippen molar-refractivity contribution < 1.29 is 0 Å². The third-order valence-corrected chi connectivity index (χ3v) is 14.8. The largest absolute Gasteiger partial charge is 0.135 e. The molecular formula is C59H38S. The molecule has 0 amide bonds. The summed E-state index contributed by atoms with van der Waals surface area (Å²) in [6.07, 6.45) is 0. The normalized spacial score (nSPS) is 13.3. The summed E-state index contributed by atoms with van der Waals surface area (Å²) in [4.78, 5) is 0. The van der Waals surface area contributed by atoms with E-state index in [2.05, 4.69) is 208 Å². The van der Waals surface area contributed by atoms with E-state index in [0.717, 1.165) is 0 Å². The van der Waals surface area contributed by atoms with Gasteiger partial charge in [-0.15, -0.1) is 11.3 Å². The fraction of sp³-hybridized carbons (Fsp3) is 0.0508. The highest BCUT2D eigenvalue weighted by molar-refractivity contribution is 7.25. The zero-order valence-corrected chi connectivity index (χ0v) is 34.2. The highest BCUT2D eigenvalue weighted by Gasteiger charge is 2.37. The molecule has 0 saturated carbocycles. The Labute approximate surface area is 352 Å². The maximum atomic E-state index is 2.49. The standard InChI is InChI=1S/C59H38S/c1-59(2)52-31-27-37-33-55-51(42-19-11-12-25-54(42)60-55)34-50(37)58(52)49-28-26-36(32-53(49)59)39-29-30-48(41-18-6-5-17-40(39)41)57-46-22-9-7-20-44(46)56(45-21-8-10-23-47(45)57)43-24-13-15-35-14-3-4-16-38(35)43/h3-34H,1-2H3. The Kier molecular flexibility index (Phi) is 7.04. The fourth-order valence-electron chi connectivity index (χ4n) is 10.9. The van der Waals surface area contributed by atoms with Gasteiger partial charge in [0.15, 0.2) is 0 Å². The first-order valence-electron chi connectivity index (χ1n) is 21.0. The zero-order valence-electron chi connectivity index (χ0n) is 33.4. The van der Waals surface area contributed by atoms with Crippen LogP contribution in [0.3, 0.4) is 0 Å². The second kappa shape index (κ2) is 12.5. The van der Waals surface area contributed by atoms with Crippen molar-refractivity contribution in [3.63, 3.8) is 0 Å². The summed E-state index contributed by atoms with van der Waals surface area (Å²) in [5.74, 6) is 0. The number of rotatable bonds is 3. The van der Waals surface area contributed by atoms with E-state index in [4.69, 9.17) is 0 Å². The van der Waals surface area contributed by atoms with Crippen LogP contribution in [-0.4, -0.2) is 0 Å². The molecule has 1 aromatic heterocycles. The van der Waals surface area contributed by atoms with Gasteiger partial charge in [-0.3, -0.25) is 0 Å². The Hall–Kier alpha value is -7.06. The van der Waals surface area contributed by atoms with Crippen molar-refractivity contribution in [1.29, 1.82) is 0 Å². The molecule has 0 N–H and O–H groups in total. The molecule has 0 atom stereocenters. The maximum Gasteiger partial charge on any atom is 0.0361 e. The van der Waals surface area contributed by atoms with E-state index in [0.29, 0.717) is 0 Å². The van der Waals surface area contributed by atoms with Crippen LogP contribution in [0, 0.1) is 0 Å². The van der Waals surface area contributed by atoms with Gasteiger partial charge in [0.2, 0.25) is 0 Å². The minimum atomic E-state index is -0.139. The molecule has 1 aliphatic carbocycles. The van der Waals surface area contributed by atoms with Crippen molar-refractivity contribution >= 4 is 85.4 Å². The van der Waals surface area contributed by atoms with Gasteiger partial charge in [-0.25, -0.2) is 0 Å². The molecule has 11 aromatic carbocycles. The lowest BCUT2D eigenvalue weighted by molar-refractivity contribution is 0.661. The van der Waals surface area contributed by atoms with E-state index in [-0.39, 0.29) is 5.41 Å². The monoisotopic (exact) mass is 778 g/mol. The van der Waals surface area contributed by atoms with Crippen LogP contribution in [0.5, 0.6) is 0 Å². The van der Waals surface area contributed by atoms with Gasteiger partial charge in [-0.1, -0.05) is 184 Å². The van der Waals surface area contributed by atoms with Gasteiger partial charge in [0.05, 0.1) is 0 Å². The first kappa shape index (κ1) is 33.9. The number of thiophene rings is 1. The highest BCUT2D eigenvalue weighted by Crippen LogP contribution is 2.54. The molecule has 1 aliphatic rings. The van der Waals surface area contributed by atoms with Crippen LogP contribution in [0.1, 0.15) is 25.0 Å². The Morgan fingerprint density at radius 1 is 0.300 bits per heavy atom. The smallest absolute Gasteiger partial charge is 0.0361 e. The molecule has 12 aromatic rings. The molecule has 0 nitrogen and oxygen atoms in total. The topological polar surface area (TPSA) is 0 Å². The summed E-state index contributed by atoms with van der Waals surface area (Å²) in [5.41, 5.74) is 13.1. The molecule has 0 unspecified atom stereocenters. The van der Waals surface area contributed by atoms with E-state index in [1.165, 1.54) is 130 Å². The van der Waals surface area contributed by atoms with E-state index >= 15 is 0 Å². The minimum Gasteiger partial charge on any atom is -0.135 e. The van der Waals surface area contributed by atoms with E-state index in [1.807, 2.05) is 11.3 Å². The maximum absolute atomic E-state index is 2.49. The average molecular weight is 779 g/mol. The summed E-state index contributed by atoms with van der Waals surface area (Å²) < 4.78 is 2.70. The van der Waals surface area contributed by atoms with Crippen molar-refractivity contribution in [2.24, 2.45) is 0 Å². The quantitative estimate of drug-likeness (QED) is 0.157. The Balaban J connectivity index is 1.01. The molecule has 1 heterocycles. The summed E-state index contributed by atoms with van der Waals surface area (Å²) >= 11 is 1.90. The van der Waals surface area contributed by atoms with E-state index in [1.54, 1.807) is 0 Å². The molecule has 1 heteroatoms. The molecule has 13 rings (SSSR count). The van der Waals surface area contributed by atoms with Crippen molar-refractivity contribution in [1.82, 2.24) is 0 Å². The first-order chi connectivity index (χ1) is 29.5. The van der Waals surface area contributed by atoms with Gasteiger partial charge in [-0.05, 0) is 134 Å². The molecule has 0 saturated heterocycles. The minimum absolute atomic E-state index is 0.139. The molecule has 60 heavy (non-hydrogen) atoms. The molecular weight excluding hydrogens is 741 g/mol. The number of hydrogen-bond donors (Lipinski definition) is 0. The molecule has 0 spiro atoms. The van der Waals surface area contributed by atoms with E-state index in [9.17, 15) is 0 Å². The van der Waals surface area contributed by atoms with Crippen molar-refractivity contribution in [2.75, 3.05) is 0 Å². The Morgan fingerprint density at radius 2 is 0.850 bits per heavy atom. The van der Waals surface area contributed by atoms with Crippen LogP contribution < -0.4 is 0 Å². The van der Waals surface area contributed by atoms with Gasteiger partial charge in [0.1, 0.15) is 0 Å². The zero-order chi connectivity index (χ0) is 39.7. The van der Waals surface area contributed by atoms with E-state index < -0.39 is 0 Å². The summed E-state index contributed by atoms with van der Waals surface area (Å²) in [7, 11) is 0. The first-order valence-corrected chi connectivity index (χ1v) is 21.8. The number of benzene rings is 11. The molecule has 0 aliphatic heterocycles. The predicted molar refractivity (Wildman–Crippen MR) is 261 cm³/mol. The van der Waals surface area contributed by atoms with Gasteiger partial charge in [0, 0.05) is 25.6 Å².